The van der Waals surface area contributed by atoms with E-state index in [-0.39, 0.29) is 6.42 Å². The topological polar surface area (TPSA) is 123 Å². The number of nitrogens with zero attached hydrogens (tertiary/aromatic N) is 2. The van der Waals surface area contributed by atoms with Gasteiger partial charge in [0.1, 0.15) is 22.7 Å². The lowest BCUT2D eigenvalue weighted by Crippen LogP contribution is -2.57. The number of aromatic nitrogens is 2. The zero-order valence-electron chi connectivity index (χ0n) is 25.1. The average Bonchev–Trinajstić information content (AvgIpc) is 3.42. The van der Waals surface area contributed by atoms with Crippen molar-refractivity contribution in [3.8, 4) is 0 Å². The molecule has 0 saturated carbocycles. The van der Waals surface area contributed by atoms with Gasteiger partial charge in [0, 0.05) is 12.6 Å². The lowest BCUT2D eigenvalue weighted by atomic mass is 9.77. The molecule has 1 heterocycles. The first kappa shape index (κ1) is 31.0. The SMILES string of the molecule is CC(C)(C)OC(=O)NC(Cc1cn(C(c2ccccc2)(c2ccccc2)c2ccccc2)cn1)C(=O)NC(C)(C)C(=O)O. The summed E-state index contributed by atoms with van der Waals surface area (Å²) in [4.78, 5) is 42.5. The fourth-order valence-corrected chi connectivity index (χ4v) is 4.95. The molecule has 0 aliphatic heterocycles. The largest absolute Gasteiger partial charge is 0.480 e. The number of carbonyl (C=O) groups excluding carboxylic acids is 2. The number of carboxylic acid groups (broad SMARTS) is 1. The van der Waals surface area contributed by atoms with Crippen molar-refractivity contribution >= 4 is 18.0 Å². The fourth-order valence-electron chi connectivity index (χ4n) is 4.95. The smallest absolute Gasteiger partial charge is 0.408 e. The van der Waals surface area contributed by atoms with Gasteiger partial charge in [-0.3, -0.25) is 4.79 Å². The average molecular weight is 583 g/mol. The molecule has 1 aromatic heterocycles. The minimum Gasteiger partial charge on any atom is -0.480 e. The predicted octanol–water partition coefficient (Wildman–Crippen LogP) is 5.14. The molecular weight excluding hydrogens is 544 g/mol. The van der Waals surface area contributed by atoms with Crippen molar-refractivity contribution in [1.29, 1.82) is 0 Å². The number of benzene rings is 3. The quantitative estimate of drug-likeness (QED) is 0.223. The van der Waals surface area contributed by atoms with E-state index in [0.717, 1.165) is 16.7 Å². The molecule has 2 amide bonds. The zero-order valence-corrected chi connectivity index (χ0v) is 25.1. The van der Waals surface area contributed by atoms with Crippen molar-refractivity contribution in [1.82, 2.24) is 20.2 Å². The van der Waals surface area contributed by atoms with Gasteiger partial charge in [-0.1, -0.05) is 91.0 Å². The first-order valence-electron chi connectivity index (χ1n) is 14.1. The molecule has 224 valence electrons. The summed E-state index contributed by atoms with van der Waals surface area (Å²) in [6.45, 7) is 7.90. The molecule has 4 rings (SSSR count). The highest BCUT2D eigenvalue weighted by Gasteiger charge is 2.39. The summed E-state index contributed by atoms with van der Waals surface area (Å²) < 4.78 is 7.40. The molecular formula is C34H38N4O5. The Morgan fingerprint density at radius 1 is 0.814 bits per heavy atom. The summed E-state index contributed by atoms with van der Waals surface area (Å²) in [5, 5.41) is 14.7. The van der Waals surface area contributed by atoms with Crippen molar-refractivity contribution in [2.24, 2.45) is 0 Å². The molecule has 0 bridgehead atoms. The number of rotatable bonds is 10. The highest BCUT2D eigenvalue weighted by molar-refractivity contribution is 5.91. The van der Waals surface area contributed by atoms with Gasteiger partial charge in [0.2, 0.25) is 5.91 Å². The van der Waals surface area contributed by atoms with Gasteiger partial charge in [0.25, 0.3) is 0 Å². The zero-order chi connectivity index (χ0) is 31.3. The number of amides is 2. The number of carboxylic acids is 1. The van der Waals surface area contributed by atoms with Crippen LogP contribution >= 0.6 is 0 Å². The Morgan fingerprint density at radius 2 is 1.28 bits per heavy atom. The van der Waals surface area contributed by atoms with Gasteiger partial charge in [-0.2, -0.15) is 0 Å². The third-order valence-electron chi connectivity index (χ3n) is 6.99. The minimum atomic E-state index is -1.56. The Bertz CT molecular complexity index is 1450. The summed E-state index contributed by atoms with van der Waals surface area (Å²) in [5.41, 5.74) is 0.344. The van der Waals surface area contributed by atoms with Crippen LogP contribution in [0, 0.1) is 0 Å². The van der Waals surface area contributed by atoms with E-state index in [4.69, 9.17) is 4.74 Å². The Kier molecular flexibility index (Phi) is 9.04. The lowest BCUT2D eigenvalue weighted by Gasteiger charge is -2.37. The number of imidazole rings is 1. The highest BCUT2D eigenvalue weighted by atomic mass is 16.6. The molecule has 43 heavy (non-hydrogen) atoms. The van der Waals surface area contributed by atoms with Crippen LogP contribution in [0.2, 0.25) is 0 Å². The standard InChI is InChI=1S/C34H38N4O5/c1-32(2,3)43-31(42)36-28(29(39)37-33(4,5)30(40)41)21-27-22-38(23-35-27)34(24-15-9-6-10-16-24,25-17-11-7-12-18-25)26-19-13-8-14-20-26/h6-20,22-23,28H,21H2,1-5H3,(H,36,42)(H,37,39)(H,40,41). The third-order valence-corrected chi connectivity index (χ3v) is 6.99. The second-order valence-electron chi connectivity index (χ2n) is 11.9. The van der Waals surface area contributed by atoms with Crippen molar-refractivity contribution < 1.29 is 24.2 Å². The Morgan fingerprint density at radius 3 is 1.70 bits per heavy atom. The third kappa shape index (κ3) is 7.12. The van der Waals surface area contributed by atoms with Crippen LogP contribution in [0.4, 0.5) is 4.79 Å². The monoisotopic (exact) mass is 582 g/mol. The molecule has 3 N–H and O–H groups in total. The molecule has 0 saturated heterocycles. The molecule has 0 aliphatic carbocycles. The lowest BCUT2D eigenvalue weighted by molar-refractivity contribution is -0.146. The summed E-state index contributed by atoms with van der Waals surface area (Å²) in [6, 6.07) is 29.1. The van der Waals surface area contributed by atoms with Crippen molar-refractivity contribution in [2.45, 2.75) is 63.8 Å². The normalized spacial score (nSPS) is 12.7. The van der Waals surface area contributed by atoms with Crippen LogP contribution in [0.3, 0.4) is 0 Å². The summed E-state index contributed by atoms with van der Waals surface area (Å²) >= 11 is 0. The summed E-state index contributed by atoms with van der Waals surface area (Å²) in [7, 11) is 0. The van der Waals surface area contributed by atoms with Crippen LogP contribution in [0.5, 0.6) is 0 Å². The van der Waals surface area contributed by atoms with Crippen LogP contribution in [-0.2, 0) is 26.3 Å². The fraction of sp³-hybridized carbons (Fsp3) is 0.294. The molecule has 9 heteroatoms. The summed E-state index contributed by atoms with van der Waals surface area (Å²) in [5.74, 6) is -1.88. The van der Waals surface area contributed by atoms with E-state index in [1.54, 1.807) is 27.1 Å². The van der Waals surface area contributed by atoms with Crippen LogP contribution in [0.15, 0.2) is 104 Å². The van der Waals surface area contributed by atoms with Gasteiger partial charge in [-0.25, -0.2) is 14.6 Å². The van der Waals surface area contributed by atoms with Crippen molar-refractivity contribution in [3.63, 3.8) is 0 Å². The molecule has 4 aromatic rings. The molecule has 0 aliphatic rings. The molecule has 1 unspecified atom stereocenters. The summed E-state index contributed by atoms with van der Waals surface area (Å²) in [6.07, 6.45) is 2.76. The van der Waals surface area contributed by atoms with E-state index in [9.17, 15) is 19.5 Å². The maximum Gasteiger partial charge on any atom is 0.408 e. The minimum absolute atomic E-state index is 0.0117. The highest BCUT2D eigenvalue weighted by Crippen LogP contribution is 2.40. The van der Waals surface area contributed by atoms with Gasteiger partial charge >= 0.3 is 12.1 Å². The molecule has 0 spiro atoms. The Hall–Kier alpha value is -4.92. The van der Waals surface area contributed by atoms with Crippen LogP contribution in [-0.4, -0.2) is 49.8 Å². The van der Waals surface area contributed by atoms with Crippen LogP contribution in [0.25, 0.3) is 0 Å². The van der Waals surface area contributed by atoms with Gasteiger partial charge in [-0.05, 0) is 51.3 Å². The van der Waals surface area contributed by atoms with Gasteiger partial charge in [0.05, 0.1) is 12.0 Å². The molecule has 0 fully saturated rings. The van der Waals surface area contributed by atoms with Crippen molar-refractivity contribution in [3.05, 3.63) is 126 Å². The molecule has 0 radical (unpaired) electrons. The van der Waals surface area contributed by atoms with Gasteiger partial charge < -0.3 is 25.0 Å². The second kappa shape index (κ2) is 12.5. The van der Waals surface area contributed by atoms with E-state index in [1.807, 2.05) is 65.4 Å². The van der Waals surface area contributed by atoms with E-state index in [0.29, 0.717) is 5.69 Å². The van der Waals surface area contributed by atoms with E-state index >= 15 is 0 Å². The first-order valence-corrected chi connectivity index (χ1v) is 14.1. The van der Waals surface area contributed by atoms with Crippen LogP contribution in [0.1, 0.15) is 57.0 Å². The van der Waals surface area contributed by atoms with Crippen LogP contribution < -0.4 is 10.6 Å². The van der Waals surface area contributed by atoms with E-state index < -0.39 is 40.7 Å². The maximum absolute atomic E-state index is 13.4. The number of nitrogens with one attached hydrogen (secondary N) is 2. The number of hydrogen-bond acceptors (Lipinski definition) is 5. The Balaban J connectivity index is 1.79. The van der Waals surface area contributed by atoms with E-state index in [1.165, 1.54) is 13.8 Å². The number of hydrogen-bond donors (Lipinski definition) is 3. The predicted molar refractivity (Wildman–Crippen MR) is 164 cm³/mol. The van der Waals surface area contributed by atoms with Gasteiger partial charge in [-0.15, -0.1) is 0 Å². The second-order valence-corrected chi connectivity index (χ2v) is 11.9. The number of alkyl carbamates (subject to hydrolysis) is 1. The molecule has 9 nitrogen and oxygen atoms in total. The Labute approximate surface area is 251 Å². The number of ether oxygens (including phenoxy) is 1. The maximum atomic E-state index is 13.4. The van der Waals surface area contributed by atoms with Crippen molar-refractivity contribution in [2.75, 3.05) is 0 Å². The number of aliphatic carboxylic acids is 1. The first-order chi connectivity index (χ1) is 20.3. The van der Waals surface area contributed by atoms with E-state index in [2.05, 4.69) is 52.0 Å². The number of carbonyl (C=O) groups is 3. The van der Waals surface area contributed by atoms with Gasteiger partial charge in [0.15, 0.2) is 0 Å². The molecule has 1 atom stereocenters. The molecule has 3 aromatic carbocycles.